The van der Waals surface area contributed by atoms with E-state index in [4.69, 9.17) is 4.74 Å². The van der Waals surface area contributed by atoms with E-state index < -0.39 is 0 Å². The lowest BCUT2D eigenvalue weighted by atomic mass is 10.1. The van der Waals surface area contributed by atoms with Gasteiger partial charge < -0.3 is 4.74 Å². The molecule has 2 aromatic carbocycles. The van der Waals surface area contributed by atoms with Crippen LogP contribution < -0.4 is 4.90 Å². The fourth-order valence-electron chi connectivity index (χ4n) is 2.77. The molecule has 0 aliphatic carbocycles. The Bertz CT molecular complexity index is 718. The van der Waals surface area contributed by atoms with E-state index in [0.717, 1.165) is 10.8 Å². The summed E-state index contributed by atoms with van der Waals surface area (Å²) in [5, 5.41) is 1.86. The number of hydrogen-bond acceptors (Lipinski definition) is 3. The lowest BCUT2D eigenvalue weighted by Gasteiger charge is -2.20. The second-order valence-corrected chi connectivity index (χ2v) is 5.34. The van der Waals surface area contributed by atoms with E-state index in [0.29, 0.717) is 24.3 Å². The molecule has 108 valence electrons. The molecule has 0 saturated heterocycles. The zero-order valence-corrected chi connectivity index (χ0v) is 12.1. The van der Waals surface area contributed by atoms with Crippen molar-refractivity contribution in [2.24, 2.45) is 5.92 Å². The SMILES string of the molecule is COCCC(C)C(=O)N1C(=O)c2cccc3cccc1c23. The summed E-state index contributed by atoms with van der Waals surface area (Å²) in [6, 6.07) is 11.2. The predicted molar refractivity (Wildman–Crippen MR) is 81.4 cm³/mol. The molecule has 1 aliphatic rings. The van der Waals surface area contributed by atoms with Gasteiger partial charge in [0.1, 0.15) is 0 Å². The molecule has 0 saturated carbocycles. The Morgan fingerprint density at radius 3 is 2.67 bits per heavy atom. The zero-order valence-electron chi connectivity index (χ0n) is 12.1. The van der Waals surface area contributed by atoms with E-state index in [1.54, 1.807) is 13.2 Å². The van der Waals surface area contributed by atoms with Crippen LogP contribution >= 0.6 is 0 Å². The summed E-state index contributed by atoms with van der Waals surface area (Å²) < 4.78 is 5.02. The van der Waals surface area contributed by atoms with Crippen molar-refractivity contribution in [3.63, 3.8) is 0 Å². The third-order valence-corrected chi connectivity index (χ3v) is 3.95. The number of imide groups is 1. The number of nitrogens with zero attached hydrogens (tertiary/aromatic N) is 1. The number of rotatable bonds is 4. The zero-order chi connectivity index (χ0) is 15.0. The van der Waals surface area contributed by atoms with Crippen LogP contribution in [-0.4, -0.2) is 25.5 Å². The summed E-state index contributed by atoms with van der Waals surface area (Å²) in [5.41, 5.74) is 1.30. The van der Waals surface area contributed by atoms with Gasteiger partial charge in [0.25, 0.3) is 5.91 Å². The van der Waals surface area contributed by atoms with Gasteiger partial charge in [0.15, 0.2) is 0 Å². The molecule has 2 amide bonds. The quantitative estimate of drug-likeness (QED) is 0.866. The van der Waals surface area contributed by atoms with E-state index in [1.807, 2.05) is 37.3 Å². The highest BCUT2D eigenvalue weighted by Gasteiger charge is 2.35. The summed E-state index contributed by atoms with van der Waals surface area (Å²) in [6.07, 6.45) is 0.603. The van der Waals surface area contributed by atoms with E-state index in [2.05, 4.69) is 0 Å². The van der Waals surface area contributed by atoms with Crippen molar-refractivity contribution in [2.45, 2.75) is 13.3 Å². The Hall–Kier alpha value is -2.20. The Morgan fingerprint density at radius 1 is 1.24 bits per heavy atom. The maximum Gasteiger partial charge on any atom is 0.265 e. The lowest BCUT2D eigenvalue weighted by Crippen LogP contribution is -2.38. The molecular weight excluding hydrogens is 266 g/mol. The van der Waals surface area contributed by atoms with Crippen LogP contribution in [0.15, 0.2) is 36.4 Å². The maximum absolute atomic E-state index is 12.6. The van der Waals surface area contributed by atoms with Crippen LogP contribution in [0.2, 0.25) is 0 Å². The van der Waals surface area contributed by atoms with Gasteiger partial charge in [-0.2, -0.15) is 0 Å². The van der Waals surface area contributed by atoms with Crippen LogP contribution in [-0.2, 0) is 9.53 Å². The van der Waals surface area contributed by atoms with Crippen molar-refractivity contribution in [3.8, 4) is 0 Å². The average Bonchev–Trinajstić information content (AvgIpc) is 2.79. The number of benzene rings is 2. The first kappa shape index (κ1) is 13.8. The third-order valence-electron chi connectivity index (χ3n) is 3.95. The lowest BCUT2D eigenvalue weighted by molar-refractivity contribution is -0.121. The molecule has 2 aromatic rings. The summed E-state index contributed by atoms with van der Waals surface area (Å²) in [4.78, 5) is 26.5. The smallest absolute Gasteiger partial charge is 0.265 e. The Morgan fingerprint density at radius 2 is 1.95 bits per heavy atom. The second-order valence-electron chi connectivity index (χ2n) is 5.34. The van der Waals surface area contributed by atoms with Gasteiger partial charge in [-0.15, -0.1) is 0 Å². The summed E-state index contributed by atoms with van der Waals surface area (Å²) in [6.45, 7) is 2.34. The van der Waals surface area contributed by atoms with Crippen molar-refractivity contribution in [2.75, 3.05) is 18.6 Å². The van der Waals surface area contributed by atoms with Crippen molar-refractivity contribution in [1.29, 1.82) is 0 Å². The van der Waals surface area contributed by atoms with Gasteiger partial charge in [-0.3, -0.25) is 9.59 Å². The van der Waals surface area contributed by atoms with Gasteiger partial charge in [-0.25, -0.2) is 4.90 Å². The topological polar surface area (TPSA) is 46.6 Å². The van der Waals surface area contributed by atoms with Crippen molar-refractivity contribution in [3.05, 3.63) is 42.0 Å². The predicted octanol–water partition coefficient (Wildman–Crippen LogP) is 3.00. The standard InChI is InChI=1S/C17H17NO3/c1-11(9-10-21-2)16(19)18-14-8-4-6-12-5-3-7-13(15(12)14)17(18)20/h3-8,11H,9-10H2,1-2H3. The monoisotopic (exact) mass is 283 g/mol. The number of anilines is 1. The molecule has 0 aromatic heterocycles. The van der Waals surface area contributed by atoms with Gasteiger partial charge >= 0.3 is 0 Å². The molecule has 1 unspecified atom stereocenters. The van der Waals surface area contributed by atoms with Crippen molar-refractivity contribution >= 4 is 28.3 Å². The van der Waals surface area contributed by atoms with Gasteiger partial charge in [-0.1, -0.05) is 31.2 Å². The number of ether oxygens (including phenoxy) is 1. The van der Waals surface area contributed by atoms with Crippen LogP contribution in [0.3, 0.4) is 0 Å². The van der Waals surface area contributed by atoms with Gasteiger partial charge in [0.2, 0.25) is 5.91 Å². The van der Waals surface area contributed by atoms with Crippen molar-refractivity contribution < 1.29 is 14.3 Å². The molecule has 0 radical (unpaired) electrons. The fraction of sp³-hybridized carbons (Fsp3) is 0.294. The first-order chi connectivity index (χ1) is 10.1. The molecule has 0 spiro atoms. The number of hydrogen-bond donors (Lipinski definition) is 0. The number of carbonyl (C=O) groups excluding carboxylic acids is 2. The van der Waals surface area contributed by atoms with E-state index in [9.17, 15) is 9.59 Å². The molecule has 1 atom stereocenters. The minimum absolute atomic E-state index is 0.166. The molecule has 4 heteroatoms. The number of amides is 2. The summed E-state index contributed by atoms with van der Waals surface area (Å²) in [7, 11) is 1.61. The molecule has 4 nitrogen and oxygen atoms in total. The highest BCUT2D eigenvalue weighted by Crippen LogP contribution is 2.38. The summed E-state index contributed by atoms with van der Waals surface area (Å²) in [5.74, 6) is -0.643. The molecule has 21 heavy (non-hydrogen) atoms. The highest BCUT2D eigenvalue weighted by molar-refractivity contribution is 6.33. The second kappa shape index (κ2) is 5.30. The first-order valence-electron chi connectivity index (χ1n) is 7.04. The van der Waals surface area contributed by atoms with E-state index in [-0.39, 0.29) is 17.7 Å². The van der Waals surface area contributed by atoms with E-state index >= 15 is 0 Å². The largest absolute Gasteiger partial charge is 0.385 e. The maximum atomic E-state index is 12.6. The summed E-state index contributed by atoms with van der Waals surface area (Å²) >= 11 is 0. The van der Waals surface area contributed by atoms with Gasteiger partial charge in [0.05, 0.1) is 11.3 Å². The molecule has 1 aliphatic heterocycles. The third kappa shape index (κ3) is 2.12. The van der Waals surface area contributed by atoms with Crippen LogP contribution in [0.1, 0.15) is 23.7 Å². The highest BCUT2D eigenvalue weighted by atomic mass is 16.5. The normalized spacial score (nSPS) is 14.8. The van der Waals surface area contributed by atoms with Gasteiger partial charge in [-0.05, 0) is 23.9 Å². The van der Waals surface area contributed by atoms with Crippen LogP contribution in [0.4, 0.5) is 5.69 Å². The molecule has 0 N–H and O–H groups in total. The molecular formula is C17H17NO3. The molecule has 0 bridgehead atoms. The first-order valence-corrected chi connectivity index (χ1v) is 7.04. The Kier molecular flexibility index (Phi) is 3.47. The Labute approximate surface area is 123 Å². The minimum Gasteiger partial charge on any atom is -0.385 e. The Balaban J connectivity index is 2.02. The molecule has 3 rings (SSSR count). The van der Waals surface area contributed by atoms with Crippen LogP contribution in [0.5, 0.6) is 0 Å². The average molecular weight is 283 g/mol. The van der Waals surface area contributed by atoms with Crippen LogP contribution in [0.25, 0.3) is 10.8 Å². The van der Waals surface area contributed by atoms with Crippen molar-refractivity contribution in [1.82, 2.24) is 0 Å². The fourth-order valence-corrected chi connectivity index (χ4v) is 2.77. The number of methoxy groups -OCH3 is 1. The van der Waals surface area contributed by atoms with Gasteiger partial charge in [0, 0.05) is 25.0 Å². The minimum atomic E-state index is -0.251. The number of carbonyl (C=O) groups is 2. The van der Waals surface area contributed by atoms with Crippen LogP contribution in [0, 0.1) is 5.92 Å². The molecule has 0 fully saturated rings. The van der Waals surface area contributed by atoms with E-state index in [1.165, 1.54) is 4.90 Å². The molecule has 1 heterocycles.